The number of nitrogen functional groups attached to an aromatic ring is 1. The molecule has 1 aliphatic heterocycles. The number of primary sulfonamides is 1. The Morgan fingerprint density at radius 3 is 2.74 bits per heavy atom. The molecule has 104 valence electrons. The van der Waals surface area contributed by atoms with E-state index in [4.69, 9.17) is 10.9 Å². The van der Waals surface area contributed by atoms with Gasteiger partial charge in [-0.15, -0.1) is 0 Å². The highest BCUT2D eigenvalue weighted by atomic mass is 79.9. The molecule has 4 N–H and O–H groups in total. The molecule has 0 aromatic carbocycles. The Labute approximate surface area is 119 Å². The first-order valence-electron chi connectivity index (χ1n) is 5.47. The maximum Gasteiger partial charge on any atom is 0.227 e. The Kier molecular flexibility index (Phi) is 3.79. The van der Waals surface area contributed by atoms with Crippen molar-refractivity contribution in [2.45, 2.75) is 6.42 Å². The van der Waals surface area contributed by atoms with Crippen LogP contribution in [-0.4, -0.2) is 31.6 Å². The summed E-state index contributed by atoms with van der Waals surface area (Å²) in [6.07, 6.45) is 3.12. The number of rotatable bonds is 3. The van der Waals surface area contributed by atoms with Crippen LogP contribution in [0.2, 0.25) is 0 Å². The van der Waals surface area contributed by atoms with Gasteiger partial charge in [0.1, 0.15) is 0 Å². The normalized spacial score (nSPS) is 20.0. The van der Waals surface area contributed by atoms with Gasteiger partial charge in [-0.2, -0.15) is 0 Å². The highest BCUT2D eigenvalue weighted by Gasteiger charge is 2.34. The minimum absolute atomic E-state index is 0.143. The second-order valence-electron chi connectivity index (χ2n) is 4.46. The zero-order valence-corrected chi connectivity index (χ0v) is 12.3. The van der Waals surface area contributed by atoms with Gasteiger partial charge in [0.25, 0.3) is 0 Å². The predicted molar refractivity (Wildman–Crippen MR) is 74.8 cm³/mol. The summed E-state index contributed by atoms with van der Waals surface area (Å²) in [5.74, 6) is -0.702. The summed E-state index contributed by atoms with van der Waals surface area (Å²) in [4.78, 5) is 17.3. The van der Waals surface area contributed by atoms with E-state index in [0.29, 0.717) is 15.8 Å². The number of anilines is 2. The molecule has 0 aliphatic carbocycles. The van der Waals surface area contributed by atoms with Crippen LogP contribution in [-0.2, 0) is 14.8 Å². The lowest BCUT2D eigenvalue weighted by molar-refractivity contribution is -0.117. The van der Waals surface area contributed by atoms with E-state index in [0.717, 1.165) is 0 Å². The number of amides is 1. The van der Waals surface area contributed by atoms with E-state index >= 15 is 0 Å². The summed E-state index contributed by atoms with van der Waals surface area (Å²) in [7, 11) is -3.59. The van der Waals surface area contributed by atoms with Gasteiger partial charge in [0.05, 0.1) is 27.8 Å². The first-order valence-corrected chi connectivity index (χ1v) is 7.98. The van der Waals surface area contributed by atoms with Crippen LogP contribution >= 0.6 is 15.9 Å². The Morgan fingerprint density at radius 2 is 2.16 bits per heavy atom. The number of carbonyl (C=O) groups is 1. The van der Waals surface area contributed by atoms with Crippen LogP contribution < -0.4 is 15.8 Å². The van der Waals surface area contributed by atoms with Crippen molar-refractivity contribution in [1.29, 1.82) is 0 Å². The second kappa shape index (κ2) is 5.06. The van der Waals surface area contributed by atoms with Crippen LogP contribution in [0.4, 0.5) is 11.4 Å². The predicted octanol–water partition coefficient (Wildman–Crippen LogP) is 0.0677. The van der Waals surface area contributed by atoms with Crippen LogP contribution in [0.25, 0.3) is 0 Å². The van der Waals surface area contributed by atoms with Gasteiger partial charge in [0, 0.05) is 25.1 Å². The fourth-order valence-corrected chi connectivity index (χ4v) is 3.61. The van der Waals surface area contributed by atoms with Crippen molar-refractivity contribution in [3.05, 3.63) is 16.9 Å². The molecule has 2 rings (SSSR count). The van der Waals surface area contributed by atoms with Crippen LogP contribution in [0.3, 0.4) is 0 Å². The van der Waals surface area contributed by atoms with Crippen molar-refractivity contribution in [2.75, 3.05) is 22.9 Å². The van der Waals surface area contributed by atoms with E-state index in [9.17, 15) is 13.2 Å². The van der Waals surface area contributed by atoms with Crippen molar-refractivity contribution < 1.29 is 13.2 Å². The van der Waals surface area contributed by atoms with Crippen molar-refractivity contribution in [3.8, 4) is 0 Å². The molecule has 0 bridgehead atoms. The van der Waals surface area contributed by atoms with Crippen LogP contribution in [0.5, 0.6) is 0 Å². The molecule has 2 heterocycles. The average Bonchev–Trinajstić information content (AvgIpc) is 2.56. The van der Waals surface area contributed by atoms with Gasteiger partial charge in [-0.3, -0.25) is 9.78 Å². The lowest BCUT2D eigenvalue weighted by Crippen LogP contribution is -2.28. The summed E-state index contributed by atoms with van der Waals surface area (Å²) in [5.41, 5.74) is 6.69. The summed E-state index contributed by atoms with van der Waals surface area (Å²) in [6, 6.07) is 0. The number of aromatic nitrogens is 1. The smallest absolute Gasteiger partial charge is 0.227 e. The van der Waals surface area contributed by atoms with Gasteiger partial charge in [-0.05, 0) is 15.9 Å². The molecule has 1 amide bonds. The number of hydrogen-bond acceptors (Lipinski definition) is 5. The van der Waals surface area contributed by atoms with E-state index in [1.807, 2.05) is 0 Å². The minimum Gasteiger partial charge on any atom is -0.396 e. The summed E-state index contributed by atoms with van der Waals surface area (Å²) in [5, 5.41) is 5.00. The third-order valence-corrected chi connectivity index (χ3v) is 4.36. The van der Waals surface area contributed by atoms with Crippen molar-refractivity contribution in [1.82, 2.24) is 4.98 Å². The molecule has 0 spiro atoms. The first kappa shape index (κ1) is 14.2. The number of carbonyl (C=O) groups excluding carboxylic acids is 1. The SMILES string of the molecule is Nc1cncc(Br)c1N1CC(CS(N)(=O)=O)CC1=O. The molecule has 0 radical (unpaired) electrons. The fraction of sp³-hybridized carbons (Fsp3) is 0.400. The van der Waals surface area contributed by atoms with E-state index in [1.165, 1.54) is 17.3 Å². The molecule has 0 saturated carbocycles. The number of halogens is 1. The molecule has 1 aliphatic rings. The average molecular weight is 349 g/mol. The molecule has 1 aromatic rings. The number of nitrogens with two attached hydrogens (primary N) is 2. The first-order chi connectivity index (χ1) is 8.78. The van der Waals surface area contributed by atoms with Gasteiger partial charge in [0.15, 0.2) is 0 Å². The number of hydrogen-bond donors (Lipinski definition) is 2. The Bertz CT molecular complexity index is 599. The standard InChI is InChI=1S/C10H13BrN4O3S/c11-7-2-14-3-8(12)10(7)15-4-6(1-9(15)16)5-19(13,17)18/h2-3,6H,1,4-5,12H2,(H2,13,17,18). The third kappa shape index (κ3) is 3.23. The monoisotopic (exact) mass is 348 g/mol. The molecular weight excluding hydrogens is 336 g/mol. The second-order valence-corrected chi connectivity index (χ2v) is 6.98. The van der Waals surface area contributed by atoms with E-state index in [-0.39, 0.29) is 30.5 Å². The largest absolute Gasteiger partial charge is 0.396 e. The summed E-state index contributed by atoms with van der Waals surface area (Å²) >= 11 is 3.29. The fourth-order valence-electron chi connectivity index (χ4n) is 2.17. The molecule has 1 saturated heterocycles. The molecular formula is C10H13BrN4O3S. The van der Waals surface area contributed by atoms with Gasteiger partial charge < -0.3 is 10.6 Å². The van der Waals surface area contributed by atoms with Crippen molar-refractivity contribution >= 4 is 43.2 Å². The number of pyridine rings is 1. The Morgan fingerprint density at radius 1 is 1.47 bits per heavy atom. The highest BCUT2D eigenvalue weighted by Crippen LogP contribution is 2.35. The van der Waals surface area contributed by atoms with Crippen LogP contribution in [0.15, 0.2) is 16.9 Å². The Balaban J connectivity index is 2.26. The minimum atomic E-state index is -3.59. The van der Waals surface area contributed by atoms with Crippen molar-refractivity contribution in [2.24, 2.45) is 11.1 Å². The topological polar surface area (TPSA) is 119 Å². The van der Waals surface area contributed by atoms with Gasteiger partial charge >= 0.3 is 0 Å². The summed E-state index contributed by atoms with van der Waals surface area (Å²) < 4.78 is 22.7. The quantitative estimate of drug-likeness (QED) is 0.800. The molecule has 9 heteroatoms. The lowest BCUT2D eigenvalue weighted by Gasteiger charge is -2.19. The van der Waals surface area contributed by atoms with Crippen molar-refractivity contribution in [3.63, 3.8) is 0 Å². The molecule has 1 aromatic heterocycles. The Hall–Kier alpha value is -1.19. The molecule has 1 atom stereocenters. The summed E-state index contributed by atoms with van der Waals surface area (Å²) in [6.45, 7) is 0.280. The zero-order valence-electron chi connectivity index (χ0n) is 9.91. The highest BCUT2D eigenvalue weighted by molar-refractivity contribution is 9.10. The molecule has 1 unspecified atom stereocenters. The number of sulfonamides is 1. The van der Waals surface area contributed by atoms with E-state index < -0.39 is 10.0 Å². The molecule has 19 heavy (non-hydrogen) atoms. The lowest BCUT2D eigenvalue weighted by atomic mass is 10.1. The third-order valence-electron chi connectivity index (χ3n) is 2.84. The van der Waals surface area contributed by atoms with Crippen LogP contribution in [0, 0.1) is 5.92 Å². The number of nitrogens with zero attached hydrogens (tertiary/aromatic N) is 2. The molecule has 1 fully saturated rings. The maximum absolute atomic E-state index is 12.0. The van der Waals surface area contributed by atoms with Crippen LogP contribution in [0.1, 0.15) is 6.42 Å². The van der Waals surface area contributed by atoms with Gasteiger partial charge in [-0.1, -0.05) is 0 Å². The molecule has 7 nitrogen and oxygen atoms in total. The maximum atomic E-state index is 12.0. The zero-order chi connectivity index (χ0) is 14.2. The van der Waals surface area contributed by atoms with Gasteiger partial charge in [-0.25, -0.2) is 13.6 Å². The van der Waals surface area contributed by atoms with E-state index in [2.05, 4.69) is 20.9 Å². The van der Waals surface area contributed by atoms with E-state index in [1.54, 1.807) is 0 Å². The van der Waals surface area contributed by atoms with Gasteiger partial charge in [0.2, 0.25) is 15.9 Å².